The van der Waals surface area contributed by atoms with Gasteiger partial charge in [0.1, 0.15) is 0 Å². The van der Waals surface area contributed by atoms with E-state index in [0.29, 0.717) is 38.3 Å². The van der Waals surface area contributed by atoms with E-state index in [9.17, 15) is 9.59 Å². The summed E-state index contributed by atoms with van der Waals surface area (Å²) < 4.78 is 5.52. The molecule has 25 heavy (non-hydrogen) atoms. The van der Waals surface area contributed by atoms with Gasteiger partial charge in [-0.3, -0.25) is 19.5 Å². The number of carbonyl (C=O) groups excluding carboxylic acids is 2. The van der Waals surface area contributed by atoms with Crippen LogP contribution >= 0.6 is 24.0 Å². The Kier molecular flexibility index (Phi) is 10.3. The van der Waals surface area contributed by atoms with Gasteiger partial charge in [-0.05, 0) is 26.7 Å². The van der Waals surface area contributed by atoms with Crippen molar-refractivity contribution in [2.75, 3.05) is 45.9 Å². The molecule has 2 aliphatic heterocycles. The SMILES string of the molecule is CCNC(=NCCN1C(=O)CCCC1=O)N1CCC(COCC)C1.I. The van der Waals surface area contributed by atoms with E-state index in [1.807, 2.05) is 13.8 Å². The van der Waals surface area contributed by atoms with Crippen LogP contribution in [-0.4, -0.2) is 73.5 Å². The number of halogens is 1. The lowest BCUT2D eigenvalue weighted by Crippen LogP contribution is -2.43. The van der Waals surface area contributed by atoms with Crippen molar-refractivity contribution in [2.45, 2.75) is 39.5 Å². The minimum absolute atomic E-state index is 0. The quantitative estimate of drug-likeness (QED) is 0.266. The summed E-state index contributed by atoms with van der Waals surface area (Å²) in [7, 11) is 0. The molecule has 0 bridgehead atoms. The largest absolute Gasteiger partial charge is 0.381 e. The van der Waals surface area contributed by atoms with Crippen LogP contribution < -0.4 is 5.32 Å². The molecule has 0 aromatic carbocycles. The summed E-state index contributed by atoms with van der Waals surface area (Å²) in [4.78, 5) is 31.9. The van der Waals surface area contributed by atoms with Gasteiger partial charge in [-0.2, -0.15) is 0 Å². The highest BCUT2D eigenvalue weighted by Crippen LogP contribution is 2.17. The lowest BCUT2D eigenvalue weighted by atomic mass is 10.1. The summed E-state index contributed by atoms with van der Waals surface area (Å²) in [6.45, 7) is 9.13. The number of aliphatic imine (C=N–C) groups is 1. The molecule has 2 amide bonds. The number of imide groups is 1. The number of piperidine rings is 1. The summed E-state index contributed by atoms with van der Waals surface area (Å²) in [6.07, 6.45) is 2.73. The number of likely N-dealkylation sites (tertiary alicyclic amines) is 2. The van der Waals surface area contributed by atoms with Gasteiger partial charge < -0.3 is 15.0 Å². The number of rotatable bonds is 7. The van der Waals surface area contributed by atoms with Gasteiger partial charge in [0.15, 0.2) is 5.96 Å². The second-order valence-corrected chi connectivity index (χ2v) is 6.29. The Morgan fingerprint density at radius 3 is 2.64 bits per heavy atom. The van der Waals surface area contributed by atoms with Crippen LogP contribution in [-0.2, 0) is 14.3 Å². The first-order chi connectivity index (χ1) is 11.7. The maximum atomic E-state index is 11.8. The Balaban J connectivity index is 0.00000312. The third-order valence-corrected chi connectivity index (χ3v) is 4.45. The second kappa shape index (κ2) is 11.7. The van der Waals surface area contributed by atoms with E-state index in [1.54, 1.807) is 0 Å². The minimum atomic E-state index is -0.0654. The molecular weight excluding hydrogens is 435 g/mol. The number of ether oxygens (including phenoxy) is 1. The number of carbonyl (C=O) groups is 2. The Bertz CT molecular complexity index is 457. The molecule has 0 aromatic rings. The Morgan fingerprint density at radius 1 is 1.28 bits per heavy atom. The molecule has 0 spiro atoms. The average molecular weight is 466 g/mol. The van der Waals surface area contributed by atoms with Crippen LogP contribution in [0.4, 0.5) is 0 Å². The fourth-order valence-electron chi connectivity index (χ4n) is 3.18. The van der Waals surface area contributed by atoms with Crippen molar-refractivity contribution < 1.29 is 14.3 Å². The first-order valence-electron chi connectivity index (χ1n) is 9.09. The van der Waals surface area contributed by atoms with Crippen LogP contribution in [0.2, 0.25) is 0 Å². The number of guanidine groups is 1. The van der Waals surface area contributed by atoms with E-state index >= 15 is 0 Å². The van der Waals surface area contributed by atoms with E-state index < -0.39 is 0 Å². The van der Waals surface area contributed by atoms with Crippen LogP contribution in [0, 0.1) is 5.92 Å². The summed E-state index contributed by atoms with van der Waals surface area (Å²) in [5.74, 6) is 1.28. The fraction of sp³-hybridized carbons (Fsp3) is 0.824. The van der Waals surface area contributed by atoms with E-state index in [2.05, 4.69) is 15.2 Å². The molecule has 144 valence electrons. The first-order valence-corrected chi connectivity index (χ1v) is 9.09. The van der Waals surface area contributed by atoms with Crippen molar-refractivity contribution in [3.63, 3.8) is 0 Å². The van der Waals surface area contributed by atoms with E-state index in [0.717, 1.165) is 45.2 Å². The van der Waals surface area contributed by atoms with Crippen molar-refractivity contribution in [2.24, 2.45) is 10.9 Å². The van der Waals surface area contributed by atoms with Gasteiger partial charge in [-0.1, -0.05) is 0 Å². The molecule has 1 unspecified atom stereocenters. The zero-order chi connectivity index (χ0) is 17.4. The Hall–Kier alpha value is -0.900. The van der Waals surface area contributed by atoms with Crippen molar-refractivity contribution in [3.8, 4) is 0 Å². The lowest BCUT2D eigenvalue weighted by Gasteiger charge is -2.25. The summed E-state index contributed by atoms with van der Waals surface area (Å²) in [5.41, 5.74) is 0. The molecule has 0 saturated carbocycles. The Morgan fingerprint density at radius 2 is 2.00 bits per heavy atom. The van der Waals surface area contributed by atoms with Gasteiger partial charge in [0.25, 0.3) is 0 Å². The molecule has 0 radical (unpaired) electrons. The van der Waals surface area contributed by atoms with Crippen LogP contribution in [0.5, 0.6) is 0 Å². The van der Waals surface area contributed by atoms with Crippen LogP contribution in [0.15, 0.2) is 4.99 Å². The molecule has 2 rings (SSSR count). The monoisotopic (exact) mass is 466 g/mol. The van der Waals surface area contributed by atoms with Crippen LogP contribution in [0.3, 0.4) is 0 Å². The topological polar surface area (TPSA) is 74.2 Å². The molecule has 0 aromatic heterocycles. The molecule has 8 heteroatoms. The zero-order valence-corrected chi connectivity index (χ0v) is 17.7. The lowest BCUT2D eigenvalue weighted by molar-refractivity contribution is -0.147. The normalized spacial score (nSPS) is 21.5. The van der Waals surface area contributed by atoms with Crippen LogP contribution in [0.1, 0.15) is 39.5 Å². The number of hydrogen-bond acceptors (Lipinski definition) is 4. The highest BCUT2D eigenvalue weighted by molar-refractivity contribution is 14.0. The minimum Gasteiger partial charge on any atom is -0.381 e. The number of nitrogens with zero attached hydrogens (tertiary/aromatic N) is 3. The molecule has 2 heterocycles. The van der Waals surface area contributed by atoms with Gasteiger partial charge in [0.2, 0.25) is 11.8 Å². The highest BCUT2D eigenvalue weighted by atomic mass is 127. The van der Waals surface area contributed by atoms with Crippen LogP contribution in [0.25, 0.3) is 0 Å². The summed E-state index contributed by atoms with van der Waals surface area (Å²) in [6, 6.07) is 0. The van der Waals surface area contributed by atoms with Gasteiger partial charge in [0, 0.05) is 51.5 Å². The Labute approximate surface area is 167 Å². The van der Waals surface area contributed by atoms with Crippen molar-refractivity contribution in [1.82, 2.24) is 15.1 Å². The first kappa shape index (κ1) is 22.1. The third kappa shape index (κ3) is 6.73. The molecule has 2 aliphatic rings. The molecule has 2 saturated heterocycles. The van der Waals surface area contributed by atoms with Crippen molar-refractivity contribution in [3.05, 3.63) is 0 Å². The van der Waals surface area contributed by atoms with Gasteiger partial charge >= 0.3 is 0 Å². The van der Waals surface area contributed by atoms with Gasteiger partial charge in [-0.15, -0.1) is 24.0 Å². The van der Waals surface area contributed by atoms with E-state index in [-0.39, 0.29) is 35.8 Å². The van der Waals surface area contributed by atoms with Crippen molar-refractivity contribution in [1.29, 1.82) is 0 Å². The molecule has 1 atom stereocenters. The molecule has 7 nitrogen and oxygen atoms in total. The highest BCUT2D eigenvalue weighted by Gasteiger charge is 2.26. The number of nitrogens with one attached hydrogen (secondary N) is 1. The number of amides is 2. The second-order valence-electron chi connectivity index (χ2n) is 6.29. The predicted octanol–water partition coefficient (Wildman–Crippen LogP) is 1.47. The maximum Gasteiger partial charge on any atom is 0.229 e. The van der Waals surface area contributed by atoms with Gasteiger partial charge in [0.05, 0.1) is 13.2 Å². The average Bonchev–Trinajstić information content (AvgIpc) is 3.03. The smallest absolute Gasteiger partial charge is 0.229 e. The van der Waals surface area contributed by atoms with E-state index in [1.165, 1.54) is 4.90 Å². The molecule has 1 N–H and O–H groups in total. The number of hydrogen-bond donors (Lipinski definition) is 1. The molecule has 0 aliphatic carbocycles. The maximum absolute atomic E-state index is 11.8. The van der Waals surface area contributed by atoms with E-state index in [4.69, 9.17) is 4.74 Å². The summed E-state index contributed by atoms with van der Waals surface area (Å²) >= 11 is 0. The molecule has 2 fully saturated rings. The fourth-order valence-corrected chi connectivity index (χ4v) is 3.18. The summed E-state index contributed by atoms with van der Waals surface area (Å²) in [5, 5.41) is 3.31. The predicted molar refractivity (Wildman–Crippen MR) is 108 cm³/mol. The van der Waals surface area contributed by atoms with Crippen molar-refractivity contribution >= 4 is 41.8 Å². The van der Waals surface area contributed by atoms with Gasteiger partial charge in [-0.25, -0.2) is 0 Å². The molecular formula is C17H31IN4O3. The standard InChI is InChI=1S/C17H30N4O3.HI/c1-3-18-17(20-10-8-14(12-20)13-24-4-2)19-9-11-21-15(22)6-5-7-16(21)23;/h14H,3-13H2,1-2H3,(H,18,19);1H. The third-order valence-electron chi connectivity index (χ3n) is 4.45. The zero-order valence-electron chi connectivity index (χ0n) is 15.3.